The quantitative estimate of drug-likeness (QED) is 0.510. The first kappa shape index (κ1) is 15.2. The number of hydrogen-bond acceptors (Lipinski definition) is 1. The van der Waals surface area contributed by atoms with E-state index in [-0.39, 0.29) is 5.91 Å². The highest BCUT2D eigenvalue weighted by Gasteiger charge is 2.10. The lowest BCUT2D eigenvalue weighted by atomic mass is 10.0. The van der Waals surface area contributed by atoms with Gasteiger partial charge in [0.15, 0.2) is 0 Å². The third-order valence-corrected chi connectivity index (χ3v) is 4.28. The van der Waals surface area contributed by atoms with Gasteiger partial charge in [-0.25, -0.2) is 0 Å². The molecule has 0 saturated carbocycles. The number of fused-ring (bicyclic) bond motifs is 1. The monoisotopic (exact) mass is 323 g/mol. The van der Waals surface area contributed by atoms with Crippen LogP contribution in [-0.2, 0) is 0 Å². The molecule has 0 bridgehead atoms. The largest absolute Gasteiger partial charge is 0.322 e. The van der Waals surface area contributed by atoms with Crippen molar-refractivity contribution in [1.82, 2.24) is 0 Å². The zero-order valence-corrected chi connectivity index (χ0v) is 13.6. The fraction of sp³-hybridized carbons (Fsp3) is 0. The van der Waals surface area contributed by atoms with Crippen LogP contribution in [0.4, 0.5) is 5.69 Å². The number of hydrogen-bond donors (Lipinski definition) is 1. The zero-order valence-electron chi connectivity index (χ0n) is 13.6. The second-order valence-electron chi connectivity index (χ2n) is 5.92. The third kappa shape index (κ3) is 3.15. The van der Waals surface area contributed by atoms with E-state index in [1.807, 2.05) is 84.9 Å². The predicted octanol–water partition coefficient (Wildman–Crippen LogP) is 5.76. The summed E-state index contributed by atoms with van der Waals surface area (Å²) in [4.78, 5) is 12.7. The zero-order chi connectivity index (χ0) is 17.1. The SMILES string of the molecule is O=C(Nc1ccc(-c2ccccc2)cc1)c1cccc2ccccc12. The van der Waals surface area contributed by atoms with Crippen LogP contribution in [0.15, 0.2) is 97.1 Å². The molecule has 120 valence electrons. The van der Waals surface area contributed by atoms with Gasteiger partial charge in [0.25, 0.3) is 5.91 Å². The number of carbonyl (C=O) groups is 1. The van der Waals surface area contributed by atoms with Crippen molar-refractivity contribution in [2.75, 3.05) is 5.32 Å². The molecule has 1 N–H and O–H groups in total. The Kier molecular flexibility index (Phi) is 4.01. The van der Waals surface area contributed by atoms with E-state index >= 15 is 0 Å². The van der Waals surface area contributed by atoms with Crippen LogP contribution in [0.5, 0.6) is 0 Å². The van der Waals surface area contributed by atoms with Crippen molar-refractivity contribution in [3.05, 3.63) is 103 Å². The molecular weight excluding hydrogens is 306 g/mol. The fourth-order valence-corrected chi connectivity index (χ4v) is 3.00. The van der Waals surface area contributed by atoms with E-state index in [0.29, 0.717) is 5.56 Å². The summed E-state index contributed by atoms with van der Waals surface area (Å²) < 4.78 is 0. The van der Waals surface area contributed by atoms with Crippen LogP contribution in [0, 0.1) is 0 Å². The van der Waals surface area contributed by atoms with Gasteiger partial charge in [0.05, 0.1) is 0 Å². The van der Waals surface area contributed by atoms with Crippen LogP contribution in [-0.4, -0.2) is 5.91 Å². The number of amides is 1. The number of carbonyl (C=O) groups excluding carboxylic acids is 1. The normalized spacial score (nSPS) is 10.6. The summed E-state index contributed by atoms with van der Waals surface area (Å²) in [5.74, 6) is -0.0933. The van der Waals surface area contributed by atoms with E-state index in [9.17, 15) is 4.79 Å². The summed E-state index contributed by atoms with van der Waals surface area (Å²) in [5, 5.41) is 5.02. The van der Waals surface area contributed by atoms with E-state index < -0.39 is 0 Å². The van der Waals surface area contributed by atoms with Crippen molar-refractivity contribution in [2.24, 2.45) is 0 Å². The van der Waals surface area contributed by atoms with E-state index in [0.717, 1.165) is 27.6 Å². The molecule has 25 heavy (non-hydrogen) atoms. The molecule has 4 rings (SSSR count). The second-order valence-corrected chi connectivity index (χ2v) is 5.92. The standard InChI is InChI=1S/C23H17NO/c25-23(22-12-6-10-19-9-4-5-11-21(19)22)24-20-15-13-18(14-16-20)17-7-2-1-3-8-17/h1-16H,(H,24,25). The number of rotatable bonds is 3. The van der Waals surface area contributed by atoms with E-state index in [1.165, 1.54) is 0 Å². The van der Waals surface area contributed by atoms with Gasteiger partial charge in [-0.15, -0.1) is 0 Å². The van der Waals surface area contributed by atoms with Crippen LogP contribution in [0.25, 0.3) is 21.9 Å². The summed E-state index contributed by atoms with van der Waals surface area (Å²) in [6.07, 6.45) is 0. The van der Waals surface area contributed by atoms with Crippen LogP contribution in [0.3, 0.4) is 0 Å². The summed E-state index contributed by atoms with van der Waals surface area (Å²) in [6, 6.07) is 31.8. The molecule has 0 aliphatic heterocycles. The van der Waals surface area contributed by atoms with Gasteiger partial charge in [0.1, 0.15) is 0 Å². The minimum Gasteiger partial charge on any atom is -0.322 e. The van der Waals surface area contributed by atoms with Crippen LogP contribution in [0.1, 0.15) is 10.4 Å². The van der Waals surface area contributed by atoms with Crippen molar-refractivity contribution in [3.63, 3.8) is 0 Å². The third-order valence-electron chi connectivity index (χ3n) is 4.28. The summed E-state index contributed by atoms with van der Waals surface area (Å²) in [5.41, 5.74) is 3.76. The van der Waals surface area contributed by atoms with Crippen molar-refractivity contribution in [1.29, 1.82) is 0 Å². The maximum atomic E-state index is 12.7. The Balaban J connectivity index is 1.58. The summed E-state index contributed by atoms with van der Waals surface area (Å²) in [7, 11) is 0. The highest BCUT2D eigenvalue weighted by molar-refractivity contribution is 6.12. The highest BCUT2D eigenvalue weighted by Crippen LogP contribution is 2.23. The number of nitrogens with one attached hydrogen (secondary N) is 1. The molecule has 2 nitrogen and oxygen atoms in total. The van der Waals surface area contributed by atoms with E-state index in [2.05, 4.69) is 17.4 Å². The smallest absolute Gasteiger partial charge is 0.256 e. The molecule has 0 fully saturated rings. The van der Waals surface area contributed by atoms with Gasteiger partial charge < -0.3 is 5.32 Å². The Morgan fingerprint density at radius 1 is 0.600 bits per heavy atom. The van der Waals surface area contributed by atoms with Gasteiger partial charge >= 0.3 is 0 Å². The lowest BCUT2D eigenvalue weighted by molar-refractivity contribution is 0.102. The van der Waals surface area contributed by atoms with Gasteiger partial charge in [0, 0.05) is 11.3 Å². The first-order chi connectivity index (χ1) is 12.3. The van der Waals surface area contributed by atoms with E-state index in [4.69, 9.17) is 0 Å². The highest BCUT2D eigenvalue weighted by atomic mass is 16.1. The number of benzene rings is 4. The van der Waals surface area contributed by atoms with Gasteiger partial charge in [-0.05, 0) is 40.1 Å². The van der Waals surface area contributed by atoms with Gasteiger partial charge in [-0.1, -0.05) is 78.9 Å². The molecule has 0 unspecified atom stereocenters. The Hall–Kier alpha value is -3.39. The van der Waals surface area contributed by atoms with Crippen molar-refractivity contribution < 1.29 is 4.79 Å². The Morgan fingerprint density at radius 3 is 2.04 bits per heavy atom. The first-order valence-corrected chi connectivity index (χ1v) is 8.26. The Morgan fingerprint density at radius 2 is 1.24 bits per heavy atom. The summed E-state index contributed by atoms with van der Waals surface area (Å²) in [6.45, 7) is 0. The molecule has 0 atom stereocenters. The Bertz CT molecular complexity index is 1020. The average Bonchev–Trinajstić information content (AvgIpc) is 2.69. The molecular formula is C23H17NO. The van der Waals surface area contributed by atoms with Crippen LogP contribution >= 0.6 is 0 Å². The summed E-state index contributed by atoms with van der Waals surface area (Å²) >= 11 is 0. The number of anilines is 1. The van der Waals surface area contributed by atoms with E-state index in [1.54, 1.807) is 0 Å². The maximum absolute atomic E-state index is 12.7. The Labute approximate surface area is 146 Å². The fourth-order valence-electron chi connectivity index (χ4n) is 3.00. The lowest BCUT2D eigenvalue weighted by Gasteiger charge is -2.09. The first-order valence-electron chi connectivity index (χ1n) is 8.26. The predicted molar refractivity (Wildman–Crippen MR) is 104 cm³/mol. The molecule has 2 heteroatoms. The lowest BCUT2D eigenvalue weighted by Crippen LogP contribution is -2.12. The molecule has 0 aliphatic carbocycles. The van der Waals surface area contributed by atoms with Crippen LogP contribution in [0.2, 0.25) is 0 Å². The van der Waals surface area contributed by atoms with Gasteiger partial charge in [0.2, 0.25) is 0 Å². The molecule has 0 heterocycles. The molecule has 0 saturated heterocycles. The van der Waals surface area contributed by atoms with Gasteiger partial charge in [-0.3, -0.25) is 4.79 Å². The molecule has 0 aromatic heterocycles. The maximum Gasteiger partial charge on any atom is 0.256 e. The van der Waals surface area contributed by atoms with Gasteiger partial charge in [-0.2, -0.15) is 0 Å². The molecule has 4 aromatic rings. The minimum absolute atomic E-state index is 0.0933. The molecule has 0 aliphatic rings. The van der Waals surface area contributed by atoms with Crippen molar-refractivity contribution >= 4 is 22.4 Å². The van der Waals surface area contributed by atoms with Crippen LogP contribution < -0.4 is 5.32 Å². The molecule has 0 radical (unpaired) electrons. The topological polar surface area (TPSA) is 29.1 Å². The molecule has 0 spiro atoms. The second kappa shape index (κ2) is 6.62. The molecule has 1 amide bonds. The minimum atomic E-state index is -0.0933. The van der Waals surface area contributed by atoms with Crippen molar-refractivity contribution in [2.45, 2.75) is 0 Å². The average molecular weight is 323 g/mol. The van der Waals surface area contributed by atoms with Crippen molar-refractivity contribution in [3.8, 4) is 11.1 Å². The molecule has 4 aromatic carbocycles.